The van der Waals surface area contributed by atoms with Crippen molar-refractivity contribution in [2.45, 2.75) is 38.1 Å². The van der Waals surface area contributed by atoms with Crippen LogP contribution >= 0.6 is 0 Å². The molecule has 0 radical (unpaired) electrons. The zero-order chi connectivity index (χ0) is 10.7. The van der Waals surface area contributed by atoms with Crippen LogP contribution in [0.4, 0.5) is 0 Å². The molecule has 1 atom stereocenters. The average molecular weight is 213 g/mol. The summed E-state index contributed by atoms with van der Waals surface area (Å²) >= 11 is 0. The highest BCUT2D eigenvalue weighted by molar-refractivity contribution is 4.87. The molecule has 3 heteroatoms. The van der Waals surface area contributed by atoms with Gasteiger partial charge >= 0.3 is 0 Å². The molecule has 0 spiro atoms. The van der Waals surface area contributed by atoms with E-state index in [0.717, 1.165) is 32.2 Å². The van der Waals surface area contributed by atoms with Crippen molar-refractivity contribution in [3.05, 3.63) is 0 Å². The Balaban J connectivity index is 1.88. The molecule has 1 saturated carbocycles. The first-order valence-electron chi connectivity index (χ1n) is 6.15. The van der Waals surface area contributed by atoms with Gasteiger partial charge in [0.15, 0.2) is 0 Å². The Labute approximate surface area is 92.4 Å². The normalized spacial score (nSPS) is 33.0. The van der Waals surface area contributed by atoms with Crippen molar-refractivity contribution in [1.29, 1.82) is 0 Å². The molecular weight excluding hydrogens is 190 g/mol. The minimum atomic E-state index is 0.0251. The molecule has 1 saturated heterocycles. The van der Waals surface area contributed by atoms with Crippen LogP contribution in [0.25, 0.3) is 0 Å². The van der Waals surface area contributed by atoms with Crippen LogP contribution in [0.2, 0.25) is 0 Å². The van der Waals surface area contributed by atoms with Crippen molar-refractivity contribution < 1.29 is 9.84 Å². The predicted octanol–water partition coefficient (Wildman–Crippen LogP) is 1.26. The van der Waals surface area contributed by atoms with E-state index in [4.69, 9.17) is 4.74 Å². The van der Waals surface area contributed by atoms with Gasteiger partial charge < -0.3 is 14.7 Å². The first-order valence-corrected chi connectivity index (χ1v) is 6.15. The lowest BCUT2D eigenvalue weighted by molar-refractivity contribution is 0.0525. The summed E-state index contributed by atoms with van der Waals surface area (Å²) in [6.45, 7) is 2.82. The van der Waals surface area contributed by atoms with Gasteiger partial charge in [-0.2, -0.15) is 0 Å². The summed E-state index contributed by atoms with van der Waals surface area (Å²) in [5.74, 6) is 0. The SMILES string of the molecule is CN(CC1(CO)CCOC1)C1CCCC1. The van der Waals surface area contributed by atoms with Crippen LogP contribution in [0.3, 0.4) is 0 Å². The van der Waals surface area contributed by atoms with E-state index < -0.39 is 0 Å². The van der Waals surface area contributed by atoms with Gasteiger partial charge in [-0.05, 0) is 26.3 Å². The molecule has 0 aromatic rings. The molecule has 1 N–H and O–H groups in total. The van der Waals surface area contributed by atoms with Crippen LogP contribution in [0, 0.1) is 5.41 Å². The number of aliphatic hydroxyl groups is 1. The monoisotopic (exact) mass is 213 g/mol. The van der Waals surface area contributed by atoms with Gasteiger partial charge in [-0.1, -0.05) is 12.8 Å². The molecule has 2 aliphatic rings. The highest BCUT2D eigenvalue weighted by Crippen LogP contribution is 2.31. The van der Waals surface area contributed by atoms with Gasteiger partial charge in [-0.25, -0.2) is 0 Å². The fourth-order valence-corrected chi connectivity index (χ4v) is 2.95. The molecule has 2 fully saturated rings. The molecule has 2 rings (SSSR count). The third kappa shape index (κ3) is 2.52. The number of hydrogen-bond donors (Lipinski definition) is 1. The minimum absolute atomic E-state index is 0.0251. The van der Waals surface area contributed by atoms with Crippen LogP contribution in [0.5, 0.6) is 0 Å². The third-order valence-electron chi connectivity index (χ3n) is 4.05. The number of nitrogens with zero attached hydrogens (tertiary/aromatic N) is 1. The Morgan fingerprint density at radius 3 is 2.67 bits per heavy atom. The molecule has 0 aromatic heterocycles. The van der Waals surface area contributed by atoms with Crippen LogP contribution in [-0.4, -0.2) is 49.5 Å². The summed E-state index contributed by atoms with van der Waals surface area (Å²) in [6, 6.07) is 0.744. The van der Waals surface area contributed by atoms with Crippen molar-refractivity contribution in [2.75, 3.05) is 33.4 Å². The fourth-order valence-electron chi connectivity index (χ4n) is 2.95. The van der Waals surface area contributed by atoms with Crippen molar-refractivity contribution in [3.8, 4) is 0 Å². The highest BCUT2D eigenvalue weighted by atomic mass is 16.5. The van der Waals surface area contributed by atoms with Gasteiger partial charge in [0.1, 0.15) is 0 Å². The summed E-state index contributed by atoms with van der Waals surface area (Å²) in [5.41, 5.74) is 0.0251. The van der Waals surface area contributed by atoms with Crippen LogP contribution in [-0.2, 0) is 4.74 Å². The highest BCUT2D eigenvalue weighted by Gasteiger charge is 2.37. The van der Waals surface area contributed by atoms with Gasteiger partial charge in [-0.15, -0.1) is 0 Å². The van der Waals surface area contributed by atoms with Crippen molar-refractivity contribution in [2.24, 2.45) is 5.41 Å². The molecule has 88 valence electrons. The molecule has 0 amide bonds. The number of aliphatic hydroxyl groups excluding tert-OH is 1. The summed E-state index contributed by atoms with van der Waals surface area (Å²) in [7, 11) is 2.20. The summed E-state index contributed by atoms with van der Waals surface area (Å²) in [6.07, 6.45) is 6.42. The molecule has 1 aliphatic carbocycles. The molecule has 0 bridgehead atoms. The molecular formula is C12H23NO2. The molecule has 15 heavy (non-hydrogen) atoms. The zero-order valence-corrected chi connectivity index (χ0v) is 9.74. The first kappa shape index (κ1) is 11.4. The van der Waals surface area contributed by atoms with Gasteiger partial charge in [0.25, 0.3) is 0 Å². The first-order chi connectivity index (χ1) is 7.26. The van der Waals surface area contributed by atoms with Crippen LogP contribution < -0.4 is 0 Å². The predicted molar refractivity (Wildman–Crippen MR) is 59.8 cm³/mol. The smallest absolute Gasteiger partial charge is 0.0557 e. The number of hydrogen-bond acceptors (Lipinski definition) is 3. The van der Waals surface area contributed by atoms with E-state index in [9.17, 15) is 5.11 Å². The quantitative estimate of drug-likeness (QED) is 0.763. The Hall–Kier alpha value is -0.120. The minimum Gasteiger partial charge on any atom is -0.396 e. The summed E-state index contributed by atoms with van der Waals surface area (Å²) in [4.78, 5) is 2.44. The van der Waals surface area contributed by atoms with E-state index in [1.165, 1.54) is 25.7 Å². The van der Waals surface area contributed by atoms with Gasteiger partial charge in [0, 0.05) is 24.6 Å². The molecule has 1 aliphatic heterocycles. The second-order valence-electron chi connectivity index (χ2n) is 5.31. The van der Waals surface area contributed by atoms with Crippen molar-refractivity contribution >= 4 is 0 Å². The molecule has 3 nitrogen and oxygen atoms in total. The van der Waals surface area contributed by atoms with Crippen molar-refractivity contribution in [3.63, 3.8) is 0 Å². The Bertz CT molecular complexity index is 196. The van der Waals surface area contributed by atoms with E-state index in [-0.39, 0.29) is 12.0 Å². The van der Waals surface area contributed by atoms with Crippen molar-refractivity contribution in [1.82, 2.24) is 4.90 Å². The zero-order valence-electron chi connectivity index (χ0n) is 9.74. The van der Waals surface area contributed by atoms with Crippen LogP contribution in [0.15, 0.2) is 0 Å². The summed E-state index contributed by atoms with van der Waals surface area (Å²) < 4.78 is 5.43. The van der Waals surface area contributed by atoms with E-state index in [1.807, 2.05) is 0 Å². The third-order valence-corrected chi connectivity index (χ3v) is 4.05. The van der Waals surface area contributed by atoms with E-state index in [0.29, 0.717) is 0 Å². The van der Waals surface area contributed by atoms with E-state index >= 15 is 0 Å². The lowest BCUT2D eigenvalue weighted by Crippen LogP contribution is -2.42. The van der Waals surface area contributed by atoms with Crippen LogP contribution in [0.1, 0.15) is 32.1 Å². The maximum absolute atomic E-state index is 9.50. The average Bonchev–Trinajstić information content (AvgIpc) is 2.88. The topological polar surface area (TPSA) is 32.7 Å². The molecule has 0 aromatic carbocycles. The second-order valence-corrected chi connectivity index (χ2v) is 5.31. The van der Waals surface area contributed by atoms with Gasteiger partial charge in [0.2, 0.25) is 0 Å². The Kier molecular flexibility index (Phi) is 3.65. The Morgan fingerprint density at radius 2 is 2.13 bits per heavy atom. The van der Waals surface area contributed by atoms with Gasteiger partial charge in [-0.3, -0.25) is 0 Å². The number of rotatable bonds is 4. The lowest BCUT2D eigenvalue weighted by atomic mass is 9.87. The second kappa shape index (κ2) is 4.81. The standard InChI is InChI=1S/C12H23NO2/c1-13(11-4-2-3-5-11)8-12(9-14)6-7-15-10-12/h11,14H,2-10H2,1H3. The van der Waals surface area contributed by atoms with E-state index in [2.05, 4.69) is 11.9 Å². The number of ether oxygens (including phenoxy) is 1. The fraction of sp³-hybridized carbons (Fsp3) is 1.00. The Morgan fingerprint density at radius 1 is 1.40 bits per heavy atom. The summed E-state index contributed by atoms with van der Waals surface area (Å²) in [5, 5.41) is 9.50. The lowest BCUT2D eigenvalue weighted by Gasteiger charge is -2.33. The van der Waals surface area contributed by atoms with Gasteiger partial charge in [0.05, 0.1) is 13.2 Å². The maximum Gasteiger partial charge on any atom is 0.0557 e. The van der Waals surface area contributed by atoms with E-state index in [1.54, 1.807) is 0 Å². The molecule has 1 heterocycles. The maximum atomic E-state index is 9.50. The largest absolute Gasteiger partial charge is 0.396 e. The molecule has 1 unspecified atom stereocenters.